The van der Waals surface area contributed by atoms with Gasteiger partial charge in [-0.3, -0.25) is 9.78 Å². The van der Waals surface area contributed by atoms with Crippen molar-refractivity contribution in [3.05, 3.63) is 29.6 Å². The fraction of sp³-hybridized carbons (Fsp3) is 0.600. The third kappa shape index (κ3) is 4.31. The van der Waals surface area contributed by atoms with E-state index in [1.807, 2.05) is 6.07 Å². The summed E-state index contributed by atoms with van der Waals surface area (Å²) in [5.41, 5.74) is 7.10. The molecule has 0 bridgehead atoms. The highest BCUT2D eigenvalue weighted by Gasteiger charge is 2.15. The van der Waals surface area contributed by atoms with E-state index >= 15 is 0 Å². The summed E-state index contributed by atoms with van der Waals surface area (Å²) in [6, 6.07) is 3.95. The minimum Gasteiger partial charge on any atom is -0.349 e. The molecule has 1 aliphatic carbocycles. The predicted octanol–water partition coefficient (Wildman–Crippen LogP) is 2.04. The monoisotopic (exact) mass is 261 g/mol. The maximum atomic E-state index is 12.2. The van der Waals surface area contributed by atoms with E-state index in [2.05, 4.69) is 10.3 Å². The molecule has 0 aliphatic heterocycles. The van der Waals surface area contributed by atoms with E-state index in [1.54, 1.807) is 12.3 Å². The minimum atomic E-state index is 0.0209. The van der Waals surface area contributed by atoms with Gasteiger partial charge in [-0.05, 0) is 31.5 Å². The molecule has 0 saturated heterocycles. The van der Waals surface area contributed by atoms with Gasteiger partial charge in [-0.15, -0.1) is 0 Å². The second-order valence-electron chi connectivity index (χ2n) is 5.24. The molecule has 1 aromatic rings. The standard InChI is InChI=1S/C15H23N3O/c16-9-7-14-11-12(8-10-17-14)15(19)18-13-5-3-1-2-4-6-13/h8,10-11,13H,1-7,9,16H2,(H,18,19). The third-order valence-corrected chi connectivity index (χ3v) is 3.67. The first-order chi connectivity index (χ1) is 9.29. The Kier molecular flexibility index (Phi) is 5.33. The molecule has 3 N–H and O–H groups in total. The van der Waals surface area contributed by atoms with Crippen molar-refractivity contribution >= 4 is 5.91 Å². The van der Waals surface area contributed by atoms with Gasteiger partial charge in [0.15, 0.2) is 0 Å². The first kappa shape index (κ1) is 14.0. The maximum absolute atomic E-state index is 12.2. The van der Waals surface area contributed by atoms with Gasteiger partial charge in [0.1, 0.15) is 0 Å². The highest BCUT2D eigenvalue weighted by molar-refractivity contribution is 5.94. The first-order valence-electron chi connectivity index (χ1n) is 7.25. The smallest absolute Gasteiger partial charge is 0.251 e. The van der Waals surface area contributed by atoms with Crippen LogP contribution in [0.2, 0.25) is 0 Å². The van der Waals surface area contributed by atoms with Crippen molar-refractivity contribution in [1.29, 1.82) is 0 Å². The normalized spacial score (nSPS) is 16.9. The Morgan fingerprint density at radius 1 is 1.32 bits per heavy atom. The summed E-state index contributed by atoms with van der Waals surface area (Å²) >= 11 is 0. The number of pyridine rings is 1. The van der Waals surface area contributed by atoms with Crippen LogP contribution in [0.3, 0.4) is 0 Å². The molecule has 2 rings (SSSR count). The maximum Gasteiger partial charge on any atom is 0.251 e. The summed E-state index contributed by atoms with van der Waals surface area (Å²) in [4.78, 5) is 16.4. The van der Waals surface area contributed by atoms with Crippen LogP contribution in [0.25, 0.3) is 0 Å². The zero-order chi connectivity index (χ0) is 13.5. The molecule has 1 aromatic heterocycles. The van der Waals surface area contributed by atoms with Crippen LogP contribution in [0, 0.1) is 0 Å². The molecule has 4 nitrogen and oxygen atoms in total. The number of nitrogens with two attached hydrogens (primary N) is 1. The summed E-state index contributed by atoms with van der Waals surface area (Å²) in [6.45, 7) is 0.556. The van der Waals surface area contributed by atoms with Crippen LogP contribution < -0.4 is 11.1 Å². The summed E-state index contributed by atoms with van der Waals surface area (Å²) < 4.78 is 0. The predicted molar refractivity (Wildman–Crippen MR) is 76.0 cm³/mol. The van der Waals surface area contributed by atoms with Gasteiger partial charge in [0.25, 0.3) is 5.91 Å². The van der Waals surface area contributed by atoms with Crippen LogP contribution in [0.5, 0.6) is 0 Å². The highest BCUT2D eigenvalue weighted by Crippen LogP contribution is 2.17. The second kappa shape index (κ2) is 7.24. The van der Waals surface area contributed by atoms with Gasteiger partial charge in [0, 0.05) is 29.9 Å². The lowest BCUT2D eigenvalue weighted by Gasteiger charge is -2.16. The van der Waals surface area contributed by atoms with Crippen LogP contribution in [-0.2, 0) is 6.42 Å². The quantitative estimate of drug-likeness (QED) is 0.815. The largest absolute Gasteiger partial charge is 0.349 e. The molecule has 1 heterocycles. The Hall–Kier alpha value is -1.42. The van der Waals surface area contributed by atoms with E-state index in [4.69, 9.17) is 5.73 Å². The molecule has 0 atom stereocenters. The van der Waals surface area contributed by atoms with Crippen LogP contribution in [0.1, 0.15) is 54.6 Å². The van der Waals surface area contributed by atoms with Gasteiger partial charge in [0.05, 0.1) is 0 Å². The number of carbonyl (C=O) groups excluding carboxylic acids is 1. The fourth-order valence-electron chi connectivity index (χ4n) is 2.60. The van der Waals surface area contributed by atoms with Gasteiger partial charge in [0.2, 0.25) is 0 Å². The van der Waals surface area contributed by atoms with Crippen LogP contribution in [0.15, 0.2) is 18.3 Å². The zero-order valence-electron chi connectivity index (χ0n) is 11.4. The van der Waals surface area contributed by atoms with Crippen molar-refractivity contribution in [2.24, 2.45) is 5.73 Å². The SMILES string of the molecule is NCCc1cc(C(=O)NC2CCCCCC2)ccn1. The number of carbonyl (C=O) groups is 1. The molecule has 0 unspecified atom stereocenters. The summed E-state index contributed by atoms with van der Waals surface area (Å²) in [7, 11) is 0. The molecule has 4 heteroatoms. The minimum absolute atomic E-state index is 0.0209. The third-order valence-electron chi connectivity index (χ3n) is 3.67. The Balaban J connectivity index is 1.96. The Morgan fingerprint density at radius 3 is 2.74 bits per heavy atom. The van der Waals surface area contributed by atoms with Gasteiger partial charge in [-0.1, -0.05) is 25.7 Å². The van der Waals surface area contributed by atoms with Crippen molar-refractivity contribution < 1.29 is 4.79 Å². The molecule has 104 valence electrons. The van der Waals surface area contributed by atoms with Crippen LogP contribution in [0.4, 0.5) is 0 Å². The average Bonchev–Trinajstić information content (AvgIpc) is 2.68. The molecule has 19 heavy (non-hydrogen) atoms. The lowest BCUT2D eigenvalue weighted by molar-refractivity contribution is 0.0933. The number of aromatic nitrogens is 1. The molecule has 0 aromatic carbocycles. The van der Waals surface area contributed by atoms with E-state index in [9.17, 15) is 4.79 Å². The van der Waals surface area contributed by atoms with Crippen molar-refractivity contribution in [1.82, 2.24) is 10.3 Å². The topological polar surface area (TPSA) is 68.0 Å². The van der Waals surface area contributed by atoms with E-state index < -0.39 is 0 Å². The Bertz CT molecular complexity index is 412. The molecule has 1 amide bonds. The van der Waals surface area contributed by atoms with Crippen LogP contribution >= 0.6 is 0 Å². The number of nitrogens with one attached hydrogen (secondary N) is 1. The van der Waals surface area contributed by atoms with E-state index in [-0.39, 0.29) is 5.91 Å². The molecule has 0 radical (unpaired) electrons. The fourth-order valence-corrected chi connectivity index (χ4v) is 2.60. The van der Waals surface area contributed by atoms with Crippen molar-refractivity contribution in [3.63, 3.8) is 0 Å². The zero-order valence-corrected chi connectivity index (χ0v) is 11.4. The van der Waals surface area contributed by atoms with Gasteiger partial charge < -0.3 is 11.1 Å². The number of hydrogen-bond donors (Lipinski definition) is 2. The van der Waals surface area contributed by atoms with Gasteiger partial charge in [-0.25, -0.2) is 0 Å². The van der Waals surface area contributed by atoms with E-state index in [0.717, 1.165) is 18.5 Å². The Morgan fingerprint density at radius 2 is 2.05 bits per heavy atom. The molecule has 1 saturated carbocycles. The number of hydrogen-bond acceptors (Lipinski definition) is 3. The lowest BCUT2D eigenvalue weighted by atomic mass is 10.1. The first-order valence-corrected chi connectivity index (χ1v) is 7.25. The second-order valence-corrected chi connectivity index (χ2v) is 5.24. The summed E-state index contributed by atoms with van der Waals surface area (Å²) in [6.07, 6.45) is 9.64. The number of amides is 1. The van der Waals surface area contributed by atoms with E-state index in [0.29, 0.717) is 24.6 Å². The van der Waals surface area contributed by atoms with Crippen molar-refractivity contribution in [3.8, 4) is 0 Å². The molecule has 0 spiro atoms. The molecular weight excluding hydrogens is 238 g/mol. The summed E-state index contributed by atoms with van der Waals surface area (Å²) in [5.74, 6) is 0.0209. The lowest BCUT2D eigenvalue weighted by Crippen LogP contribution is -2.34. The molecular formula is C15H23N3O. The summed E-state index contributed by atoms with van der Waals surface area (Å²) in [5, 5.41) is 3.15. The molecule has 1 aliphatic rings. The van der Waals surface area contributed by atoms with Crippen molar-refractivity contribution in [2.45, 2.75) is 51.0 Å². The van der Waals surface area contributed by atoms with Gasteiger partial charge in [-0.2, -0.15) is 0 Å². The van der Waals surface area contributed by atoms with E-state index in [1.165, 1.54) is 25.7 Å². The number of rotatable bonds is 4. The van der Waals surface area contributed by atoms with Crippen molar-refractivity contribution in [2.75, 3.05) is 6.54 Å². The van der Waals surface area contributed by atoms with Crippen LogP contribution in [-0.4, -0.2) is 23.5 Å². The highest BCUT2D eigenvalue weighted by atomic mass is 16.1. The average molecular weight is 261 g/mol. The van der Waals surface area contributed by atoms with Gasteiger partial charge >= 0.3 is 0 Å². The molecule has 1 fully saturated rings. The Labute approximate surface area is 114 Å². The number of nitrogens with zero attached hydrogens (tertiary/aromatic N) is 1.